The number of nitrogens with zero attached hydrogens (tertiary/aromatic N) is 4. The van der Waals surface area contributed by atoms with Crippen molar-refractivity contribution in [3.8, 4) is 0 Å². The molecule has 28 heavy (non-hydrogen) atoms. The van der Waals surface area contributed by atoms with Crippen LogP contribution in [0.25, 0.3) is 11.0 Å². The van der Waals surface area contributed by atoms with Gasteiger partial charge in [-0.15, -0.1) is 24.0 Å². The van der Waals surface area contributed by atoms with Crippen molar-refractivity contribution in [1.29, 1.82) is 0 Å². The summed E-state index contributed by atoms with van der Waals surface area (Å²) in [5.74, 6) is 2.87. The molecule has 1 N–H and O–H groups in total. The zero-order chi connectivity index (χ0) is 18.5. The summed E-state index contributed by atoms with van der Waals surface area (Å²) in [6.07, 6.45) is 1.85. The molecule has 0 amide bonds. The molecule has 1 saturated heterocycles. The molecule has 0 unspecified atom stereocenters. The number of furan rings is 1. The number of aromatic nitrogens is 1. The average Bonchev–Trinajstić information content (AvgIpc) is 3.15. The number of hydrogen-bond donors (Lipinski definition) is 1. The van der Waals surface area contributed by atoms with E-state index in [0.717, 1.165) is 61.2 Å². The molecule has 3 aromatic rings. The Bertz CT molecular complexity index is 870. The second kappa shape index (κ2) is 9.77. The van der Waals surface area contributed by atoms with Crippen molar-refractivity contribution in [2.24, 2.45) is 4.99 Å². The molecule has 1 aliphatic rings. The standard InChI is InChI=1S/C21H25N5O.HI/c1-2-22-21(24-16-18-15-17-7-3-4-8-19(17)27-18)26-13-11-25(12-14-26)20-9-5-6-10-23-20;/h3-10,15H,2,11-14,16H2,1H3,(H,22,24);1H. The lowest BCUT2D eigenvalue weighted by atomic mass is 10.2. The summed E-state index contributed by atoms with van der Waals surface area (Å²) >= 11 is 0. The molecule has 1 aromatic carbocycles. The Kier molecular flexibility index (Phi) is 7.13. The van der Waals surface area contributed by atoms with Gasteiger partial charge < -0.3 is 19.5 Å². The van der Waals surface area contributed by atoms with Crippen molar-refractivity contribution in [2.75, 3.05) is 37.6 Å². The zero-order valence-electron chi connectivity index (χ0n) is 16.0. The lowest BCUT2D eigenvalue weighted by Gasteiger charge is -2.37. The zero-order valence-corrected chi connectivity index (χ0v) is 18.4. The van der Waals surface area contributed by atoms with Gasteiger partial charge in [-0.2, -0.15) is 0 Å². The maximum Gasteiger partial charge on any atom is 0.194 e. The smallest absolute Gasteiger partial charge is 0.194 e. The number of rotatable bonds is 4. The molecule has 0 atom stereocenters. The fourth-order valence-electron chi connectivity index (χ4n) is 3.38. The van der Waals surface area contributed by atoms with Gasteiger partial charge in [0.15, 0.2) is 5.96 Å². The highest BCUT2D eigenvalue weighted by molar-refractivity contribution is 14.0. The summed E-state index contributed by atoms with van der Waals surface area (Å²) in [6, 6.07) is 16.2. The van der Waals surface area contributed by atoms with Crippen LogP contribution >= 0.6 is 24.0 Å². The topological polar surface area (TPSA) is 56.9 Å². The van der Waals surface area contributed by atoms with E-state index in [4.69, 9.17) is 9.41 Å². The predicted molar refractivity (Wildman–Crippen MR) is 124 cm³/mol. The minimum absolute atomic E-state index is 0. The van der Waals surface area contributed by atoms with Crippen LogP contribution in [0.2, 0.25) is 0 Å². The summed E-state index contributed by atoms with van der Waals surface area (Å²) in [6.45, 7) is 7.20. The molecule has 148 valence electrons. The summed E-state index contributed by atoms with van der Waals surface area (Å²) in [5, 5.41) is 4.53. The first-order chi connectivity index (χ1) is 13.3. The van der Waals surface area contributed by atoms with E-state index >= 15 is 0 Å². The van der Waals surface area contributed by atoms with E-state index in [1.165, 1.54) is 0 Å². The fraction of sp³-hybridized carbons (Fsp3) is 0.333. The molecule has 6 nitrogen and oxygen atoms in total. The molecule has 0 bridgehead atoms. The summed E-state index contributed by atoms with van der Waals surface area (Å²) in [5.41, 5.74) is 0.914. The molecule has 1 aliphatic heterocycles. The highest BCUT2D eigenvalue weighted by Gasteiger charge is 2.20. The van der Waals surface area contributed by atoms with E-state index in [2.05, 4.69) is 45.2 Å². The predicted octanol–water partition coefficient (Wildman–Crippen LogP) is 3.73. The van der Waals surface area contributed by atoms with Crippen molar-refractivity contribution in [3.63, 3.8) is 0 Å². The van der Waals surface area contributed by atoms with Crippen LogP contribution in [0.3, 0.4) is 0 Å². The largest absolute Gasteiger partial charge is 0.459 e. The first-order valence-electron chi connectivity index (χ1n) is 9.50. The highest BCUT2D eigenvalue weighted by Crippen LogP contribution is 2.19. The van der Waals surface area contributed by atoms with Gasteiger partial charge >= 0.3 is 0 Å². The van der Waals surface area contributed by atoms with Crippen molar-refractivity contribution < 1.29 is 4.42 Å². The third-order valence-corrected chi connectivity index (χ3v) is 4.75. The molecule has 0 radical (unpaired) electrons. The third-order valence-electron chi connectivity index (χ3n) is 4.75. The van der Waals surface area contributed by atoms with Gasteiger partial charge in [-0.25, -0.2) is 9.98 Å². The lowest BCUT2D eigenvalue weighted by molar-refractivity contribution is 0.370. The van der Waals surface area contributed by atoms with E-state index < -0.39 is 0 Å². The molecule has 2 aromatic heterocycles. The second-order valence-corrected chi connectivity index (χ2v) is 6.58. The van der Waals surface area contributed by atoms with Gasteiger partial charge in [0.2, 0.25) is 0 Å². The van der Waals surface area contributed by atoms with Gasteiger partial charge in [0, 0.05) is 44.3 Å². The van der Waals surface area contributed by atoms with Crippen LogP contribution in [0, 0.1) is 0 Å². The molecular weight excluding hydrogens is 465 g/mol. The van der Waals surface area contributed by atoms with Gasteiger partial charge in [0.1, 0.15) is 23.7 Å². The van der Waals surface area contributed by atoms with Gasteiger partial charge in [-0.1, -0.05) is 24.3 Å². The maximum atomic E-state index is 5.89. The van der Waals surface area contributed by atoms with Gasteiger partial charge in [-0.3, -0.25) is 0 Å². The van der Waals surface area contributed by atoms with E-state index in [-0.39, 0.29) is 24.0 Å². The van der Waals surface area contributed by atoms with E-state index in [1.807, 2.05) is 36.5 Å². The Balaban J connectivity index is 0.00000225. The first kappa shape index (κ1) is 20.4. The Hall–Kier alpha value is -2.29. The minimum atomic E-state index is 0. The number of anilines is 1. The normalized spacial score (nSPS) is 14.8. The number of nitrogens with one attached hydrogen (secondary N) is 1. The summed E-state index contributed by atoms with van der Waals surface area (Å²) in [7, 11) is 0. The van der Waals surface area contributed by atoms with Crippen LogP contribution in [0.4, 0.5) is 5.82 Å². The monoisotopic (exact) mass is 491 g/mol. The second-order valence-electron chi connectivity index (χ2n) is 6.58. The number of para-hydroxylation sites is 1. The SMILES string of the molecule is CCNC(=NCc1cc2ccccc2o1)N1CCN(c2ccccn2)CC1.I. The summed E-state index contributed by atoms with van der Waals surface area (Å²) < 4.78 is 5.89. The molecule has 0 saturated carbocycles. The van der Waals surface area contributed by atoms with Crippen molar-refractivity contribution in [3.05, 3.63) is 60.5 Å². The highest BCUT2D eigenvalue weighted by atomic mass is 127. The molecule has 0 aliphatic carbocycles. The number of pyridine rings is 1. The molecule has 0 spiro atoms. The Morgan fingerprint density at radius 3 is 2.61 bits per heavy atom. The average molecular weight is 491 g/mol. The number of fused-ring (bicyclic) bond motifs is 1. The van der Waals surface area contributed by atoms with Crippen molar-refractivity contribution >= 4 is 46.7 Å². The number of aliphatic imine (C=N–C) groups is 1. The number of benzene rings is 1. The maximum absolute atomic E-state index is 5.89. The third kappa shape index (κ3) is 4.76. The molecule has 7 heteroatoms. The van der Waals surface area contributed by atoms with Gasteiger partial charge in [0.25, 0.3) is 0 Å². The minimum Gasteiger partial charge on any atom is -0.459 e. The molecule has 3 heterocycles. The van der Waals surface area contributed by atoms with Crippen LogP contribution in [-0.2, 0) is 6.54 Å². The van der Waals surface area contributed by atoms with E-state index in [0.29, 0.717) is 6.54 Å². The fourth-order valence-corrected chi connectivity index (χ4v) is 3.38. The number of halogens is 1. The Morgan fingerprint density at radius 1 is 1.11 bits per heavy atom. The van der Waals surface area contributed by atoms with Crippen LogP contribution in [0.1, 0.15) is 12.7 Å². The van der Waals surface area contributed by atoms with E-state index in [1.54, 1.807) is 0 Å². The van der Waals surface area contributed by atoms with Crippen LogP contribution < -0.4 is 10.2 Å². The van der Waals surface area contributed by atoms with Crippen LogP contribution in [0.15, 0.2) is 64.1 Å². The van der Waals surface area contributed by atoms with Crippen molar-refractivity contribution in [1.82, 2.24) is 15.2 Å². The Morgan fingerprint density at radius 2 is 1.89 bits per heavy atom. The van der Waals surface area contributed by atoms with Crippen LogP contribution in [0.5, 0.6) is 0 Å². The van der Waals surface area contributed by atoms with E-state index in [9.17, 15) is 0 Å². The number of hydrogen-bond acceptors (Lipinski definition) is 4. The summed E-state index contributed by atoms with van der Waals surface area (Å²) in [4.78, 5) is 13.9. The number of guanidine groups is 1. The quantitative estimate of drug-likeness (QED) is 0.343. The van der Waals surface area contributed by atoms with Crippen LogP contribution in [-0.4, -0.2) is 48.6 Å². The Labute approximate surface area is 182 Å². The molecule has 1 fully saturated rings. The number of piperazine rings is 1. The molecular formula is C21H26IN5O. The molecule has 4 rings (SSSR count). The van der Waals surface area contributed by atoms with Gasteiger partial charge in [-0.05, 0) is 31.2 Å². The van der Waals surface area contributed by atoms with Crippen molar-refractivity contribution in [2.45, 2.75) is 13.5 Å². The van der Waals surface area contributed by atoms with Gasteiger partial charge in [0.05, 0.1) is 0 Å². The first-order valence-corrected chi connectivity index (χ1v) is 9.50. The lowest BCUT2D eigenvalue weighted by Crippen LogP contribution is -2.52.